The first-order valence-corrected chi connectivity index (χ1v) is 9.18. The molecular weight excluding hydrogens is 328 g/mol. The average molecular weight is 354 g/mol. The van der Waals surface area contributed by atoms with Crippen LogP contribution in [-0.2, 0) is 11.2 Å². The molecule has 0 aliphatic carbocycles. The lowest BCUT2D eigenvalue weighted by Crippen LogP contribution is -2.41. The van der Waals surface area contributed by atoms with Crippen LogP contribution in [0.2, 0.25) is 0 Å². The number of ether oxygens (including phenoxy) is 2. The second-order valence-electron chi connectivity index (χ2n) is 6.69. The van der Waals surface area contributed by atoms with Crippen LogP contribution in [0, 0.1) is 5.92 Å². The number of piperidine rings is 1. The molecule has 26 heavy (non-hydrogen) atoms. The van der Waals surface area contributed by atoms with Crippen molar-refractivity contribution in [3.8, 4) is 11.5 Å². The fourth-order valence-electron chi connectivity index (χ4n) is 3.29. The zero-order valence-electron chi connectivity index (χ0n) is 15.3. The Labute approximate surface area is 155 Å². The third-order valence-corrected chi connectivity index (χ3v) is 4.78. The number of nitrogens with zero attached hydrogens (tertiary/aromatic N) is 2. The van der Waals surface area contributed by atoms with E-state index in [1.165, 1.54) is 0 Å². The molecule has 0 unspecified atom stereocenters. The molecule has 1 atom stereocenters. The van der Waals surface area contributed by atoms with Crippen molar-refractivity contribution in [1.29, 1.82) is 0 Å². The summed E-state index contributed by atoms with van der Waals surface area (Å²) in [6, 6.07) is 11.6. The summed E-state index contributed by atoms with van der Waals surface area (Å²) in [6.07, 6.45) is 6.99. The fraction of sp³-hybridized carbons (Fsp3) is 0.429. The average Bonchev–Trinajstić information content (AvgIpc) is 2.71. The zero-order chi connectivity index (χ0) is 18.2. The minimum Gasteiger partial charge on any atom is -0.497 e. The quantitative estimate of drug-likeness (QED) is 0.765. The van der Waals surface area contributed by atoms with E-state index < -0.39 is 0 Å². The van der Waals surface area contributed by atoms with Crippen molar-refractivity contribution in [2.45, 2.75) is 25.7 Å². The Balaban J connectivity index is 1.46. The van der Waals surface area contributed by atoms with Gasteiger partial charge in [0.1, 0.15) is 11.5 Å². The van der Waals surface area contributed by atoms with Gasteiger partial charge in [0.15, 0.2) is 0 Å². The van der Waals surface area contributed by atoms with Crippen LogP contribution < -0.4 is 9.47 Å². The molecule has 1 aromatic carbocycles. The number of amides is 1. The van der Waals surface area contributed by atoms with Crippen molar-refractivity contribution in [3.63, 3.8) is 0 Å². The summed E-state index contributed by atoms with van der Waals surface area (Å²) in [7, 11) is 1.65. The van der Waals surface area contributed by atoms with Gasteiger partial charge in [-0.2, -0.15) is 0 Å². The summed E-state index contributed by atoms with van der Waals surface area (Å²) >= 11 is 0. The minimum absolute atomic E-state index is 0.230. The highest BCUT2D eigenvalue weighted by Crippen LogP contribution is 2.22. The number of carbonyl (C=O) groups excluding carboxylic acids is 1. The van der Waals surface area contributed by atoms with Crippen LogP contribution in [0.1, 0.15) is 24.8 Å². The highest BCUT2D eigenvalue weighted by molar-refractivity contribution is 5.76. The van der Waals surface area contributed by atoms with Gasteiger partial charge >= 0.3 is 0 Å². The number of benzene rings is 1. The number of hydrogen-bond acceptors (Lipinski definition) is 4. The molecule has 1 saturated heterocycles. The van der Waals surface area contributed by atoms with E-state index in [9.17, 15) is 4.79 Å². The normalized spacial score (nSPS) is 17.0. The molecule has 138 valence electrons. The molecule has 0 saturated carbocycles. The number of methoxy groups -OCH3 is 1. The first-order chi connectivity index (χ1) is 12.7. The first kappa shape index (κ1) is 18.2. The van der Waals surface area contributed by atoms with Crippen LogP contribution in [0.3, 0.4) is 0 Å². The molecule has 1 aliphatic heterocycles. The maximum absolute atomic E-state index is 12.5. The highest BCUT2D eigenvalue weighted by atomic mass is 16.5. The number of carbonyl (C=O) groups is 1. The Morgan fingerprint density at radius 1 is 1.23 bits per heavy atom. The van der Waals surface area contributed by atoms with Gasteiger partial charge in [0.25, 0.3) is 0 Å². The standard InChI is InChI=1S/C21H26N2O3/c1-25-19-5-2-6-20(14-19)26-16-18-4-3-13-23(15-18)21(24)8-7-17-9-11-22-12-10-17/h2,5-6,9-12,14,18H,3-4,7-8,13,15-16H2,1H3/t18-/m1/s1. The van der Waals surface area contributed by atoms with E-state index in [-0.39, 0.29) is 5.91 Å². The van der Waals surface area contributed by atoms with Crippen LogP contribution in [0.25, 0.3) is 0 Å². The van der Waals surface area contributed by atoms with Crippen LogP contribution in [0.4, 0.5) is 0 Å². The van der Waals surface area contributed by atoms with Crippen molar-refractivity contribution in [2.75, 3.05) is 26.8 Å². The van der Waals surface area contributed by atoms with Gasteiger partial charge in [-0.1, -0.05) is 6.07 Å². The molecular formula is C21H26N2O3. The molecule has 0 N–H and O–H groups in total. The lowest BCUT2D eigenvalue weighted by atomic mass is 9.98. The molecule has 1 aromatic heterocycles. The molecule has 1 amide bonds. The maximum atomic E-state index is 12.5. The van der Waals surface area contributed by atoms with Gasteiger partial charge < -0.3 is 14.4 Å². The van der Waals surface area contributed by atoms with E-state index in [0.717, 1.165) is 49.4 Å². The van der Waals surface area contributed by atoms with E-state index in [2.05, 4.69) is 4.98 Å². The van der Waals surface area contributed by atoms with Crippen LogP contribution in [0.15, 0.2) is 48.8 Å². The summed E-state index contributed by atoms with van der Waals surface area (Å²) in [6.45, 7) is 2.26. The Kier molecular flexibility index (Phi) is 6.47. The number of likely N-dealkylation sites (tertiary alicyclic amines) is 1. The van der Waals surface area contributed by atoms with Gasteiger partial charge in [-0.05, 0) is 49.1 Å². The van der Waals surface area contributed by atoms with E-state index in [1.807, 2.05) is 41.3 Å². The van der Waals surface area contributed by atoms with E-state index in [0.29, 0.717) is 18.9 Å². The first-order valence-electron chi connectivity index (χ1n) is 9.18. The molecule has 0 radical (unpaired) electrons. The summed E-state index contributed by atoms with van der Waals surface area (Å²) in [5.41, 5.74) is 1.16. The maximum Gasteiger partial charge on any atom is 0.222 e. The number of hydrogen-bond donors (Lipinski definition) is 0. The van der Waals surface area contributed by atoms with Crippen molar-refractivity contribution in [3.05, 3.63) is 54.4 Å². The molecule has 3 rings (SSSR count). The van der Waals surface area contributed by atoms with Crippen molar-refractivity contribution < 1.29 is 14.3 Å². The Hall–Kier alpha value is -2.56. The molecule has 0 bridgehead atoms. The van der Waals surface area contributed by atoms with Crippen molar-refractivity contribution in [1.82, 2.24) is 9.88 Å². The SMILES string of the molecule is COc1cccc(OC[C@@H]2CCCN(C(=O)CCc3ccncc3)C2)c1. The second-order valence-corrected chi connectivity index (χ2v) is 6.69. The molecule has 5 nitrogen and oxygen atoms in total. The van der Waals surface area contributed by atoms with Crippen LogP contribution >= 0.6 is 0 Å². The molecule has 2 aromatic rings. The van der Waals surface area contributed by atoms with Gasteiger partial charge in [-0.25, -0.2) is 0 Å². The summed E-state index contributed by atoms with van der Waals surface area (Å²) in [4.78, 5) is 18.5. The predicted octanol–water partition coefficient (Wildman–Crippen LogP) is 3.34. The van der Waals surface area contributed by atoms with Crippen LogP contribution in [-0.4, -0.2) is 42.6 Å². The number of aromatic nitrogens is 1. The smallest absolute Gasteiger partial charge is 0.222 e. The van der Waals surface area contributed by atoms with Crippen molar-refractivity contribution in [2.24, 2.45) is 5.92 Å². The van der Waals surface area contributed by atoms with E-state index in [1.54, 1.807) is 19.5 Å². The monoisotopic (exact) mass is 354 g/mol. The third kappa shape index (κ3) is 5.22. The van der Waals surface area contributed by atoms with Crippen LogP contribution in [0.5, 0.6) is 11.5 Å². The Morgan fingerprint density at radius 3 is 2.85 bits per heavy atom. The number of rotatable bonds is 7. The lowest BCUT2D eigenvalue weighted by molar-refractivity contribution is -0.133. The van der Waals surface area contributed by atoms with Gasteiger partial charge in [0, 0.05) is 43.9 Å². The third-order valence-electron chi connectivity index (χ3n) is 4.78. The lowest BCUT2D eigenvalue weighted by Gasteiger charge is -2.32. The topological polar surface area (TPSA) is 51.7 Å². The molecule has 5 heteroatoms. The van der Waals surface area contributed by atoms with Gasteiger partial charge in [-0.3, -0.25) is 9.78 Å². The van der Waals surface area contributed by atoms with Crippen molar-refractivity contribution >= 4 is 5.91 Å². The summed E-state index contributed by atoms with van der Waals surface area (Å²) in [5, 5.41) is 0. The number of pyridine rings is 1. The van der Waals surface area contributed by atoms with Gasteiger partial charge in [0.2, 0.25) is 5.91 Å². The summed E-state index contributed by atoms with van der Waals surface area (Å²) in [5.74, 6) is 2.21. The largest absolute Gasteiger partial charge is 0.497 e. The second kappa shape index (κ2) is 9.22. The van der Waals surface area contributed by atoms with E-state index >= 15 is 0 Å². The highest BCUT2D eigenvalue weighted by Gasteiger charge is 2.24. The predicted molar refractivity (Wildman–Crippen MR) is 100 cm³/mol. The van der Waals surface area contributed by atoms with Gasteiger partial charge in [0.05, 0.1) is 13.7 Å². The molecule has 2 heterocycles. The number of aryl methyl sites for hydroxylation is 1. The Bertz CT molecular complexity index is 705. The molecule has 1 fully saturated rings. The summed E-state index contributed by atoms with van der Waals surface area (Å²) < 4.78 is 11.1. The Morgan fingerprint density at radius 2 is 2.04 bits per heavy atom. The fourth-order valence-corrected chi connectivity index (χ4v) is 3.29. The zero-order valence-corrected chi connectivity index (χ0v) is 15.3. The molecule has 1 aliphatic rings. The van der Waals surface area contributed by atoms with E-state index in [4.69, 9.17) is 9.47 Å². The molecule has 0 spiro atoms. The van der Waals surface area contributed by atoms with Gasteiger partial charge in [-0.15, -0.1) is 0 Å². The minimum atomic E-state index is 0.230.